The molecule has 1 atom stereocenters. The lowest BCUT2D eigenvalue weighted by Crippen LogP contribution is -2.44. The van der Waals surface area contributed by atoms with Crippen molar-refractivity contribution in [2.24, 2.45) is 5.41 Å². The standard InChI is InChI=1S/C15H31N/c1-4-6-8-11-14(16-5-2)15(3)12-9-7-10-13-15/h14,16H,4-13H2,1-3H3. The Balaban J connectivity index is 2.45. The summed E-state index contributed by atoms with van der Waals surface area (Å²) in [5.74, 6) is 0. The fourth-order valence-electron chi connectivity index (χ4n) is 3.25. The van der Waals surface area contributed by atoms with Crippen LogP contribution in [0.1, 0.15) is 78.6 Å². The lowest BCUT2D eigenvalue weighted by molar-refractivity contribution is 0.137. The molecule has 16 heavy (non-hydrogen) atoms. The van der Waals surface area contributed by atoms with Crippen LogP contribution >= 0.6 is 0 Å². The van der Waals surface area contributed by atoms with Crippen molar-refractivity contribution in [3.63, 3.8) is 0 Å². The van der Waals surface area contributed by atoms with Crippen molar-refractivity contribution in [3.05, 3.63) is 0 Å². The van der Waals surface area contributed by atoms with Gasteiger partial charge in [0.15, 0.2) is 0 Å². The van der Waals surface area contributed by atoms with Crippen LogP contribution in [-0.2, 0) is 0 Å². The van der Waals surface area contributed by atoms with Gasteiger partial charge in [-0.25, -0.2) is 0 Å². The van der Waals surface area contributed by atoms with E-state index in [9.17, 15) is 0 Å². The molecule has 96 valence electrons. The first kappa shape index (κ1) is 14.0. The molecule has 0 bridgehead atoms. The first-order valence-electron chi connectivity index (χ1n) is 7.46. The topological polar surface area (TPSA) is 12.0 Å². The largest absolute Gasteiger partial charge is 0.314 e. The summed E-state index contributed by atoms with van der Waals surface area (Å²) in [4.78, 5) is 0. The van der Waals surface area contributed by atoms with Gasteiger partial charge < -0.3 is 5.32 Å². The van der Waals surface area contributed by atoms with Gasteiger partial charge in [-0.05, 0) is 31.2 Å². The molecule has 0 aromatic heterocycles. The maximum atomic E-state index is 3.75. The van der Waals surface area contributed by atoms with Crippen LogP contribution in [0.3, 0.4) is 0 Å². The van der Waals surface area contributed by atoms with Crippen molar-refractivity contribution in [1.29, 1.82) is 0 Å². The van der Waals surface area contributed by atoms with Crippen LogP contribution in [0, 0.1) is 5.41 Å². The third kappa shape index (κ3) is 4.08. The summed E-state index contributed by atoms with van der Waals surface area (Å²) >= 11 is 0. The lowest BCUT2D eigenvalue weighted by atomic mass is 9.69. The van der Waals surface area contributed by atoms with Gasteiger partial charge in [-0.2, -0.15) is 0 Å². The van der Waals surface area contributed by atoms with Crippen molar-refractivity contribution in [3.8, 4) is 0 Å². The minimum Gasteiger partial charge on any atom is -0.314 e. The summed E-state index contributed by atoms with van der Waals surface area (Å²) < 4.78 is 0. The van der Waals surface area contributed by atoms with E-state index in [1.54, 1.807) is 0 Å². The fourth-order valence-corrected chi connectivity index (χ4v) is 3.25. The average molecular weight is 225 g/mol. The summed E-state index contributed by atoms with van der Waals surface area (Å²) in [7, 11) is 0. The SMILES string of the molecule is CCCCCC(NCC)C1(C)CCCCC1. The highest BCUT2D eigenvalue weighted by atomic mass is 14.9. The van der Waals surface area contributed by atoms with E-state index in [0.29, 0.717) is 5.41 Å². The number of hydrogen-bond acceptors (Lipinski definition) is 1. The summed E-state index contributed by atoms with van der Waals surface area (Å²) in [6, 6.07) is 0.768. The molecule has 1 nitrogen and oxygen atoms in total. The maximum Gasteiger partial charge on any atom is 0.0121 e. The predicted molar refractivity (Wildman–Crippen MR) is 72.8 cm³/mol. The van der Waals surface area contributed by atoms with Gasteiger partial charge in [0.25, 0.3) is 0 Å². The molecular weight excluding hydrogens is 194 g/mol. The van der Waals surface area contributed by atoms with Gasteiger partial charge in [0.05, 0.1) is 0 Å². The van der Waals surface area contributed by atoms with E-state index in [1.165, 1.54) is 57.8 Å². The Morgan fingerprint density at radius 1 is 1.06 bits per heavy atom. The van der Waals surface area contributed by atoms with Crippen molar-refractivity contribution in [2.45, 2.75) is 84.6 Å². The van der Waals surface area contributed by atoms with Crippen LogP contribution in [0.2, 0.25) is 0 Å². The van der Waals surface area contributed by atoms with Crippen molar-refractivity contribution in [1.82, 2.24) is 5.32 Å². The highest BCUT2D eigenvalue weighted by molar-refractivity contribution is 4.89. The van der Waals surface area contributed by atoms with Gasteiger partial charge in [-0.1, -0.05) is 59.3 Å². The number of nitrogens with one attached hydrogen (secondary N) is 1. The third-order valence-electron chi connectivity index (χ3n) is 4.38. The lowest BCUT2D eigenvalue weighted by Gasteiger charge is -2.41. The van der Waals surface area contributed by atoms with Gasteiger partial charge in [0.2, 0.25) is 0 Å². The summed E-state index contributed by atoms with van der Waals surface area (Å²) in [5, 5.41) is 3.75. The fraction of sp³-hybridized carbons (Fsp3) is 1.00. The van der Waals surface area contributed by atoms with Crippen LogP contribution in [0.4, 0.5) is 0 Å². The zero-order valence-corrected chi connectivity index (χ0v) is 11.6. The van der Waals surface area contributed by atoms with Crippen LogP contribution in [0.5, 0.6) is 0 Å². The Kier molecular flexibility index (Phi) is 6.41. The molecule has 1 N–H and O–H groups in total. The minimum absolute atomic E-state index is 0.585. The minimum atomic E-state index is 0.585. The molecule has 0 saturated heterocycles. The second kappa shape index (κ2) is 7.32. The second-order valence-corrected chi connectivity index (χ2v) is 5.82. The van der Waals surface area contributed by atoms with Gasteiger partial charge in [-0.15, -0.1) is 0 Å². The van der Waals surface area contributed by atoms with Gasteiger partial charge in [0, 0.05) is 6.04 Å². The van der Waals surface area contributed by atoms with Crippen LogP contribution in [0.15, 0.2) is 0 Å². The Bertz CT molecular complexity index is 170. The maximum absolute atomic E-state index is 3.75. The summed E-state index contributed by atoms with van der Waals surface area (Å²) in [5.41, 5.74) is 0.585. The first-order valence-corrected chi connectivity index (χ1v) is 7.46. The third-order valence-corrected chi connectivity index (χ3v) is 4.38. The van der Waals surface area contributed by atoms with E-state index in [2.05, 4.69) is 26.1 Å². The molecule has 1 aliphatic rings. The quantitative estimate of drug-likeness (QED) is 0.628. The average Bonchev–Trinajstić information content (AvgIpc) is 2.29. The van der Waals surface area contributed by atoms with E-state index >= 15 is 0 Å². The zero-order chi connectivity index (χ0) is 11.9. The smallest absolute Gasteiger partial charge is 0.0121 e. The molecule has 0 heterocycles. The molecular formula is C15H31N. The van der Waals surface area contributed by atoms with Crippen molar-refractivity contribution in [2.75, 3.05) is 6.54 Å². The highest BCUT2D eigenvalue weighted by Gasteiger charge is 2.34. The Morgan fingerprint density at radius 3 is 2.31 bits per heavy atom. The number of unbranched alkanes of at least 4 members (excludes halogenated alkanes) is 2. The number of rotatable bonds is 7. The molecule has 0 aromatic carbocycles. The van der Waals surface area contributed by atoms with Gasteiger partial charge >= 0.3 is 0 Å². The van der Waals surface area contributed by atoms with Crippen molar-refractivity contribution >= 4 is 0 Å². The van der Waals surface area contributed by atoms with E-state index in [0.717, 1.165) is 12.6 Å². The van der Waals surface area contributed by atoms with E-state index < -0.39 is 0 Å². The molecule has 1 aliphatic carbocycles. The van der Waals surface area contributed by atoms with Gasteiger partial charge in [0.1, 0.15) is 0 Å². The molecule has 1 unspecified atom stereocenters. The van der Waals surface area contributed by atoms with Gasteiger partial charge in [-0.3, -0.25) is 0 Å². The highest BCUT2D eigenvalue weighted by Crippen LogP contribution is 2.40. The molecule has 0 radical (unpaired) electrons. The van der Waals surface area contributed by atoms with Crippen LogP contribution < -0.4 is 5.32 Å². The molecule has 0 aliphatic heterocycles. The summed E-state index contributed by atoms with van der Waals surface area (Å²) in [6.07, 6.45) is 12.8. The monoisotopic (exact) mass is 225 g/mol. The zero-order valence-electron chi connectivity index (χ0n) is 11.6. The molecule has 1 fully saturated rings. The normalized spacial score (nSPS) is 21.9. The van der Waals surface area contributed by atoms with Crippen LogP contribution in [0.25, 0.3) is 0 Å². The van der Waals surface area contributed by atoms with E-state index in [1.807, 2.05) is 0 Å². The molecule has 1 saturated carbocycles. The predicted octanol–water partition coefficient (Wildman–Crippen LogP) is 4.52. The van der Waals surface area contributed by atoms with E-state index in [4.69, 9.17) is 0 Å². The molecule has 1 rings (SSSR count). The molecule has 0 aromatic rings. The van der Waals surface area contributed by atoms with Crippen LogP contribution in [-0.4, -0.2) is 12.6 Å². The first-order chi connectivity index (χ1) is 7.73. The molecule has 0 spiro atoms. The van der Waals surface area contributed by atoms with Crippen molar-refractivity contribution < 1.29 is 0 Å². The molecule has 1 heteroatoms. The Hall–Kier alpha value is -0.0400. The second-order valence-electron chi connectivity index (χ2n) is 5.82. The Morgan fingerprint density at radius 2 is 1.75 bits per heavy atom. The number of hydrogen-bond donors (Lipinski definition) is 1. The summed E-state index contributed by atoms with van der Waals surface area (Å²) in [6.45, 7) is 8.20. The molecule has 0 amide bonds. The van der Waals surface area contributed by atoms with E-state index in [-0.39, 0.29) is 0 Å². The Labute approximate surface area is 102 Å².